The second kappa shape index (κ2) is 6.39. The van der Waals surface area contributed by atoms with Crippen LogP contribution in [-0.4, -0.2) is 29.0 Å². The minimum atomic E-state index is -4.33. The van der Waals surface area contributed by atoms with Crippen molar-refractivity contribution in [2.45, 2.75) is 32.1 Å². The maximum atomic E-state index is 12.4. The monoisotopic (exact) mass is 315 g/mol. The predicted octanol–water partition coefficient (Wildman–Crippen LogP) is 2.75. The SMILES string of the molecule is CC(N)C1CCN(Cc2cnc(C(F)(F)F)s2)C1.Cl. The van der Waals surface area contributed by atoms with Crippen LogP contribution in [0.4, 0.5) is 13.2 Å². The molecule has 0 bridgehead atoms. The van der Waals surface area contributed by atoms with E-state index in [-0.39, 0.29) is 18.4 Å². The number of nitrogens with zero attached hydrogens (tertiary/aromatic N) is 2. The summed E-state index contributed by atoms with van der Waals surface area (Å²) in [6.45, 7) is 4.27. The molecule has 2 heterocycles. The van der Waals surface area contributed by atoms with Crippen molar-refractivity contribution in [2.75, 3.05) is 13.1 Å². The third kappa shape index (κ3) is 4.30. The van der Waals surface area contributed by atoms with Crippen molar-refractivity contribution in [2.24, 2.45) is 11.7 Å². The molecular weight excluding hydrogens is 299 g/mol. The summed E-state index contributed by atoms with van der Waals surface area (Å²) in [6, 6.07) is 0.141. The fourth-order valence-corrected chi connectivity index (χ4v) is 2.99. The Kier molecular flexibility index (Phi) is 5.61. The Balaban J connectivity index is 0.00000180. The highest BCUT2D eigenvalue weighted by atomic mass is 35.5. The molecular formula is C11H17ClF3N3S. The van der Waals surface area contributed by atoms with Gasteiger partial charge in [-0.2, -0.15) is 13.2 Å². The van der Waals surface area contributed by atoms with Gasteiger partial charge in [0, 0.05) is 30.2 Å². The van der Waals surface area contributed by atoms with Gasteiger partial charge in [0.25, 0.3) is 0 Å². The summed E-state index contributed by atoms with van der Waals surface area (Å²) in [4.78, 5) is 6.23. The first kappa shape index (κ1) is 16.7. The van der Waals surface area contributed by atoms with Gasteiger partial charge in [0.05, 0.1) is 0 Å². The number of hydrogen-bond donors (Lipinski definition) is 1. The van der Waals surface area contributed by atoms with E-state index in [9.17, 15) is 13.2 Å². The maximum Gasteiger partial charge on any atom is 0.443 e. The molecule has 1 fully saturated rings. The van der Waals surface area contributed by atoms with Crippen LogP contribution in [0.1, 0.15) is 23.2 Å². The van der Waals surface area contributed by atoms with Crippen LogP contribution in [0.15, 0.2) is 6.20 Å². The quantitative estimate of drug-likeness (QED) is 0.932. The van der Waals surface area contributed by atoms with Gasteiger partial charge in [-0.3, -0.25) is 4.90 Å². The molecule has 0 aromatic carbocycles. The van der Waals surface area contributed by atoms with Gasteiger partial charge in [-0.05, 0) is 25.8 Å². The van der Waals surface area contributed by atoms with Gasteiger partial charge >= 0.3 is 6.18 Å². The van der Waals surface area contributed by atoms with Crippen molar-refractivity contribution >= 4 is 23.7 Å². The van der Waals surface area contributed by atoms with Crippen LogP contribution in [0.2, 0.25) is 0 Å². The number of halogens is 4. The fourth-order valence-electron chi connectivity index (χ4n) is 2.17. The summed E-state index contributed by atoms with van der Waals surface area (Å²) in [5, 5.41) is -0.763. The Hall–Kier alpha value is -0.370. The zero-order chi connectivity index (χ0) is 13.3. The largest absolute Gasteiger partial charge is 0.443 e. The molecule has 0 radical (unpaired) electrons. The van der Waals surface area contributed by atoms with Gasteiger partial charge < -0.3 is 5.73 Å². The predicted molar refractivity (Wildman–Crippen MR) is 71.4 cm³/mol. The summed E-state index contributed by atoms with van der Waals surface area (Å²) >= 11 is 0.727. The first-order valence-corrected chi connectivity index (χ1v) is 6.67. The van der Waals surface area contributed by atoms with E-state index in [4.69, 9.17) is 5.73 Å². The van der Waals surface area contributed by atoms with Crippen molar-refractivity contribution < 1.29 is 13.2 Å². The highest BCUT2D eigenvalue weighted by Gasteiger charge is 2.35. The summed E-state index contributed by atoms with van der Waals surface area (Å²) in [5.74, 6) is 0.444. The van der Waals surface area contributed by atoms with E-state index in [1.807, 2.05) is 6.92 Å². The zero-order valence-corrected chi connectivity index (χ0v) is 12.1. The lowest BCUT2D eigenvalue weighted by atomic mass is 10.0. The number of aromatic nitrogens is 1. The lowest BCUT2D eigenvalue weighted by molar-refractivity contribution is -0.137. The maximum absolute atomic E-state index is 12.4. The standard InChI is InChI=1S/C11H16F3N3S.ClH/c1-7(15)8-2-3-17(5-8)6-9-4-16-10(18-9)11(12,13)14;/h4,7-8H,2-3,5-6,15H2,1H3;1H. The third-order valence-electron chi connectivity index (χ3n) is 3.23. The van der Waals surface area contributed by atoms with E-state index >= 15 is 0 Å². The summed E-state index contributed by atoms with van der Waals surface area (Å²) < 4.78 is 37.2. The summed E-state index contributed by atoms with van der Waals surface area (Å²) in [7, 11) is 0. The molecule has 2 N–H and O–H groups in total. The molecule has 110 valence electrons. The number of hydrogen-bond acceptors (Lipinski definition) is 4. The van der Waals surface area contributed by atoms with Gasteiger partial charge in [-0.15, -0.1) is 23.7 Å². The summed E-state index contributed by atoms with van der Waals surface area (Å²) in [6.07, 6.45) is -1.99. The van der Waals surface area contributed by atoms with Gasteiger partial charge in [-0.25, -0.2) is 4.98 Å². The van der Waals surface area contributed by atoms with E-state index in [0.717, 1.165) is 30.8 Å². The second-order valence-corrected chi connectivity index (χ2v) is 5.89. The molecule has 2 unspecified atom stereocenters. The molecule has 1 aromatic heterocycles. The van der Waals surface area contributed by atoms with Crippen LogP contribution in [0, 0.1) is 5.92 Å². The molecule has 1 aliphatic heterocycles. The number of rotatable bonds is 3. The zero-order valence-electron chi connectivity index (χ0n) is 10.5. The van der Waals surface area contributed by atoms with Crippen molar-refractivity contribution in [1.82, 2.24) is 9.88 Å². The minimum Gasteiger partial charge on any atom is -0.328 e. The Labute approximate surface area is 120 Å². The Bertz CT molecular complexity index is 408. The number of nitrogens with two attached hydrogens (primary N) is 1. The number of likely N-dealkylation sites (tertiary alicyclic amines) is 1. The van der Waals surface area contributed by atoms with E-state index in [2.05, 4.69) is 9.88 Å². The normalized spacial score (nSPS) is 22.3. The topological polar surface area (TPSA) is 42.1 Å². The highest BCUT2D eigenvalue weighted by molar-refractivity contribution is 7.11. The van der Waals surface area contributed by atoms with Gasteiger partial charge in [0.1, 0.15) is 0 Å². The molecule has 1 saturated heterocycles. The molecule has 3 nitrogen and oxygen atoms in total. The van der Waals surface area contributed by atoms with Gasteiger partial charge in [0.15, 0.2) is 5.01 Å². The Morgan fingerprint density at radius 2 is 2.26 bits per heavy atom. The lowest BCUT2D eigenvalue weighted by Crippen LogP contribution is -2.29. The van der Waals surface area contributed by atoms with Crippen LogP contribution in [0.3, 0.4) is 0 Å². The number of alkyl halides is 3. The third-order valence-corrected chi connectivity index (χ3v) is 4.25. The fraction of sp³-hybridized carbons (Fsp3) is 0.727. The Morgan fingerprint density at radius 3 is 2.74 bits per heavy atom. The van der Waals surface area contributed by atoms with Crippen molar-refractivity contribution in [3.05, 3.63) is 16.1 Å². The molecule has 0 spiro atoms. The molecule has 19 heavy (non-hydrogen) atoms. The average Bonchev–Trinajstić information content (AvgIpc) is 2.85. The van der Waals surface area contributed by atoms with Crippen molar-refractivity contribution in [3.8, 4) is 0 Å². The molecule has 1 aliphatic rings. The molecule has 8 heteroatoms. The van der Waals surface area contributed by atoms with Crippen LogP contribution < -0.4 is 5.73 Å². The first-order valence-electron chi connectivity index (χ1n) is 5.86. The highest BCUT2D eigenvalue weighted by Crippen LogP contribution is 2.33. The van der Waals surface area contributed by atoms with E-state index in [1.165, 1.54) is 6.20 Å². The van der Waals surface area contributed by atoms with E-state index in [0.29, 0.717) is 17.3 Å². The molecule has 0 amide bonds. The number of thiazole rings is 1. The van der Waals surface area contributed by atoms with E-state index in [1.54, 1.807) is 0 Å². The minimum absolute atomic E-state index is 0. The smallest absolute Gasteiger partial charge is 0.328 e. The van der Waals surface area contributed by atoms with Gasteiger partial charge in [0.2, 0.25) is 0 Å². The first-order chi connectivity index (χ1) is 8.36. The second-order valence-electron chi connectivity index (χ2n) is 4.77. The lowest BCUT2D eigenvalue weighted by Gasteiger charge is -2.16. The Morgan fingerprint density at radius 1 is 1.58 bits per heavy atom. The van der Waals surface area contributed by atoms with Crippen LogP contribution in [0.25, 0.3) is 0 Å². The van der Waals surface area contributed by atoms with Crippen molar-refractivity contribution in [3.63, 3.8) is 0 Å². The molecule has 1 aromatic rings. The molecule has 0 saturated carbocycles. The van der Waals surface area contributed by atoms with Crippen LogP contribution in [0.5, 0.6) is 0 Å². The molecule has 2 atom stereocenters. The van der Waals surface area contributed by atoms with Crippen molar-refractivity contribution in [1.29, 1.82) is 0 Å². The van der Waals surface area contributed by atoms with Crippen LogP contribution in [-0.2, 0) is 12.7 Å². The average molecular weight is 316 g/mol. The van der Waals surface area contributed by atoms with Gasteiger partial charge in [-0.1, -0.05) is 0 Å². The molecule has 0 aliphatic carbocycles. The van der Waals surface area contributed by atoms with Crippen LogP contribution >= 0.6 is 23.7 Å². The van der Waals surface area contributed by atoms with E-state index < -0.39 is 11.2 Å². The molecule has 2 rings (SSSR count). The summed E-state index contributed by atoms with van der Waals surface area (Å²) in [5.41, 5.74) is 5.83.